The van der Waals surface area contributed by atoms with E-state index in [9.17, 15) is 9.59 Å². The molecule has 0 radical (unpaired) electrons. The number of esters is 1. The molecule has 7 heteroatoms. The number of nitriles is 2. The Balaban J connectivity index is 1.89. The van der Waals surface area contributed by atoms with E-state index in [0.29, 0.717) is 5.69 Å². The maximum absolute atomic E-state index is 12.1. The lowest BCUT2D eigenvalue weighted by Gasteiger charge is -2.19. The van der Waals surface area contributed by atoms with Crippen LogP contribution >= 0.6 is 0 Å². The molecule has 27 heavy (non-hydrogen) atoms. The van der Waals surface area contributed by atoms with Gasteiger partial charge in [-0.3, -0.25) is 4.79 Å². The van der Waals surface area contributed by atoms with Crippen LogP contribution in [-0.4, -0.2) is 41.5 Å². The quantitative estimate of drug-likeness (QED) is 0.527. The van der Waals surface area contributed by atoms with E-state index in [4.69, 9.17) is 15.3 Å². The van der Waals surface area contributed by atoms with Crippen molar-refractivity contribution < 1.29 is 14.3 Å². The molecule has 0 aliphatic rings. The summed E-state index contributed by atoms with van der Waals surface area (Å²) in [5, 5.41) is 18.3. The minimum Gasteiger partial charge on any atom is -0.452 e. The van der Waals surface area contributed by atoms with Crippen LogP contribution in [0.3, 0.4) is 0 Å². The molecule has 7 nitrogen and oxygen atoms in total. The molecule has 0 aliphatic carbocycles. The molecule has 136 valence electrons. The van der Waals surface area contributed by atoms with E-state index in [1.807, 2.05) is 42.5 Å². The summed E-state index contributed by atoms with van der Waals surface area (Å²) in [6.07, 6.45) is 3.03. The minimum absolute atomic E-state index is 0.151. The first-order valence-electron chi connectivity index (χ1n) is 8.36. The van der Waals surface area contributed by atoms with E-state index >= 15 is 0 Å². The zero-order chi connectivity index (χ0) is 19.5. The van der Waals surface area contributed by atoms with Gasteiger partial charge in [0.25, 0.3) is 5.91 Å². The second-order valence-corrected chi connectivity index (χ2v) is 5.57. The summed E-state index contributed by atoms with van der Waals surface area (Å²) < 4.78 is 4.94. The van der Waals surface area contributed by atoms with Crippen LogP contribution in [-0.2, 0) is 14.3 Å². The van der Waals surface area contributed by atoms with Gasteiger partial charge in [0.15, 0.2) is 6.61 Å². The van der Waals surface area contributed by atoms with E-state index in [-0.39, 0.29) is 25.9 Å². The molecule has 1 aromatic heterocycles. The van der Waals surface area contributed by atoms with Crippen LogP contribution in [0.15, 0.2) is 42.5 Å². The van der Waals surface area contributed by atoms with E-state index < -0.39 is 18.5 Å². The zero-order valence-electron chi connectivity index (χ0n) is 14.7. The highest BCUT2D eigenvalue weighted by molar-refractivity contribution is 5.89. The smallest absolute Gasteiger partial charge is 0.331 e. The molecule has 1 heterocycles. The number of nitrogens with zero attached hydrogens (tertiary/aromatic N) is 4. The fourth-order valence-electron chi connectivity index (χ4n) is 2.33. The van der Waals surface area contributed by atoms with Crippen LogP contribution in [0.25, 0.3) is 17.0 Å². The summed E-state index contributed by atoms with van der Waals surface area (Å²) in [5.74, 6) is -1.11. The van der Waals surface area contributed by atoms with Gasteiger partial charge in [0.05, 0.1) is 36.2 Å². The van der Waals surface area contributed by atoms with Gasteiger partial charge in [-0.05, 0) is 18.2 Å². The van der Waals surface area contributed by atoms with E-state index in [0.717, 1.165) is 10.9 Å². The van der Waals surface area contributed by atoms with Crippen molar-refractivity contribution in [3.8, 4) is 12.1 Å². The predicted octanol–water partition coefficient (Wildman–Crippen LogP) is 2.45. The maximum Gasteiger partial charge on any atom is 0.331 e. The largest absolute Gasteiger partial charge is 0.452 e. The highest BCUT2D eigenvalue weighted by Gasteiger charge is 2.14. The lowest BCUT2D eigenvalue weighted by atomic mass is 10.2. The van der Waals surface area contributed by atoms with Gasteiger partial charge in [-0.25, -0.2) is 9.78 Å². The SMILES string of the molecule is N#CCCN(CCC#N)C(=O)COC(=O)C=Cc1ccc2ccccc2n1. The lowest BCUT2D eigenvalue weighted by molar-refractivity contribution is -0.148. The van der Waals surface area contributed by atoms with Crippen LogP contribution in [0.5, 0.6) is 0 Å². The van der Waals surface area contributed by atoms with Crippen molar-refractivity contribution in [2.75, 3.05) is 19.7 Å². The van der Waals surface area contributed by atoms with Gasteiger partial charge >= 0.3 is 5.97 Å². The molecular weight excluding hydrogens is 344 g/mol. The molecule has 0 aliphatic heterocycles. The minimum atomic E-state index is -0.668. The number of benzene rings is 1. The van der Waals surface area contributed by atoms with Crippen molar-refractivity contribution in [1.29, 1.82) is 10.5 Å². The Morgan fingerprint density at radius 1 is 1.07 bits per heavy atom. The van der Waals surface area contributed by atoms with Gasteiger partial charge in [0.2, 0.25) is 0 Å². The van der Waals surface area contributed by atoms with Crippen LogP contribution in [0.1, 0.15) is 18.5 Å². The normalized spacial score (nSPS) is 10.3. The standard InChI is InChI=1S/C20H18N4O3/c21-11-3-13-24(14-4-12-22)19(25)15-27-20(26)10-9-17-8-7-16-5-1-2-6-18(16)23-17/h1-2,5-10H,3-4,13-15H2. The third-order valence-corrected chi connectivity index (χ3v) is 3.69. The molecule has 0 fully saturated rings. The predicted molar refractivity (Wildman–Crippen MR) is 98.8 cm³/mol. The monoisotopic (exact) mass is 362 g/mol. The zero-order valence-corrected chi connectivity index (χ0v) is 14.7. The van der Waals surface area contributed by atoms with Gasteiger partial charge in [-0.2, -0.15) is 10.5 Å². The number of rotatable bonds is 8. The lowest BCUT2D eigenvalue weighted by Crippen LogP contribution is -2.36. The Hall–Kier alpha value is -3.71. The van der Waals surface area contributed by atoms with Gasteiger partial charge in [-0.15, -0.1) is 0 Å². The van der Waals surface area contributed by atoms with Gasteiger partial charge in [-0.1, -0.05) is 24.3 Å². The van der Waals surface area contributed by atoms with Crippen LogP contribution in [0, 0.1) is 22.7 Å². The van der Waals surface area contributed by atoms with Gasteiger partial charge in [0.1, 0.15) is 0 Å². The Labute approximate surface area is 157 Å². The van der Waals surface area contributed by atoms with Crippen molar-refractivity contribution in [3.63, 3.8) is 0 Å². The van der Waals surface area contributed by atoms with E-state index in [1.165, 1.54) is 17.1 Å². The molecule has 0 N–H and O–H groups in total. The number of para-hydroxylation sites is 1. The molecule has 2 rings (SSSR count). The van der Waals surface area contributed by atoms with Gasteiger partial charge in [0, 0.05) is 24.6 Å². The van der Waals surface area contributed by atoms with Crippen LogP contribution < -0.4 is 0 Å². The first kappa shape index (κ1) is 19.6. The first-order chi connectivity index (χ1) is 13.1. The number of carbonyl (C=O) groups is 2. The molecule has 1 aromatic carbocycles. The summed E-state index contributed by atoms with van der Waals surface area (Å²) >= 11 is 0. The second-order valence-electron chi connectivity index (χ2n) is 5.57. The van der Waals surface area contributed by atoms with Crippen molar-refractivity contribution in [1.82, 2.24) is 9.88 Å². The van der Waals surface area contributed by atoms with E-state index in [1.54, 1.807) is 6.07 Å². The third-order valence-electron chi connectivity index (χ3n) is 3.69. The Bertz CT molecular complexity index is 907. The Morgan fingerprint density at radius 3 is 2.48 bits per heavy atom. The summed E-state index contributed by atoms with van der Waals surface area (Å²) in [6, 6.07) is 15.2. The summed E-state index contributed by atoms with van der Waals surface area (Å²) in [6.45, 7) is -0.0397. The topological polar surface area (TPSA) is 107 Å². The van der Waals surface area contributed by atoms with Crippen molar-refractivity contribution in [2.45, 2.75) is 12.8 Å². The number of hydrogen-bond donors (Lipinski definition) is 0. The summed E-state index contributed by atoms with van der Waals surface area (Å²) in [5.41, 5.74) is 1.41. The molecule has 0 unspecified atom stereocenters. The molecular formula is C20H18N4O3. The van der Waals surface area contributed by atoms with Crippen LogP contribution in [0.4, 0.5) is 0 Å². The first-order valence-corrected chi connectivity index (χ1v) is 8.36. The number of carbonyl (C=O) groups excluding carboxylic acids is 2. The van der Waals surface area contributed by atoms with Crippen molar-refractivity contribution >= 4 is 28.9 Å². The Morgan fingerprint density at radius 2 is 1.78 bits per heavy atom. The summed E-state index contributed by atoms with van der Waals surface area (Å²) in [7, 11) is 0. The van der Waals surface area contributed by atoms with Crippen molar-refractivity contribution in [2.24, 2.45) is 0 Å². The van der Waals surface area contributed by atoms with Gasteiger partial charge < -0.3 is 9.64 Å². The molecule has 0 spiro atoms. The number of ether oxygens (including phenoxy) is 1. The highest BCUT2D eigenvalue weighted by Crippen LogP contribution is 2.12. The number of pyridine rings is 1. The van der Waals surface area contributed by atoms with E-state index in [2.05, 4.69) is 4.98 Å². The maximum atomic E-state index is 12.1. The number of fused-ring (bicyclic) bond motifs is 1. The average Bonchev–Trinajstić information content (AvgIpc) is 2.70. The van der Waals surface area contributed by atoms with Crippen molar-refractivity contribution in [3.05, 3.63) is 48.2 Å². The second kappa shape index (κ2) is 10.3. The third kappa shape index (κ3) is 6.26. The Kier molecular flexibility index (Phi) is 7.50. The molecule has 0 saturated heterocycles. The number of aromatic nitrogens is 1. The molecule has 0 saturated carbocycles. The molecule has 0 bridgehead atoms. The van der Waals surface area contributed by atoms with Crippen LogP contribution in [0.2, 0.25) is 0 Å². The molecule has 1 amide bonds. The number of amides is 1. The fraction of sp³-hybridized carbons (Fsp3) is 0.250. The summed E-state index contributed by atoms with van der Waals surface area (Å²) in [4.78, 5) is 29.6. The fourth-order valence-corrected chi connectivity index (χ4v) is 2.33. The average molecular weight is 362 g/mol. The molecule has 2 aromatic rings. The molecule has 0 atom stereocenters. The highest BCUT2D eigenvalue weighted by atomic mass is 16.5. The number of hydrogen-bond acceptors (Lipinski definition) is 6.